The number of aromatic nitrogens is 3. The average molecular weight is 448 g/mol. The van der Waals surface area contributed by atoms with Crippen molar-refractivity contribution in [2.75, 3.05) is 35.6 Å². The van der Waals surface area contributed by atoms with Crippen LogP contribution in [0.1, 0.15) is 23.3 Å². The number of nitrogen functional groups attached to an aromatic ring is 1. The van der Waals surface area contributed by atoms with Crippen LogP contribution in [0, 0.1) is 17.6 Å². The molecule has 1 aliphatic rings. The van der Waals surface area contributed by atoms with Gasteiger partial charge in [-0.2, -0.15) is 5.10 Å². The molecular formula is C20H23F2N7OS. The van der Waals surface area contributed by atoms with Crippen molar-refractivity contribution >= 4 is 33.8 Å². The molecule has 1 aliphatic heterocycles. The molecule has 1 amide bonds. The molecule has 31 heavy (non-hydrogen) atoms. The molecule has 8 nitrogen and oxygen atoms in total. The molecule has 1 aromatic carbocycles. The number of nitrogens with zero attached hydrogens (tertiary/aromatic N) is 4. The Labute approximate surface area is 181 Å². The largest absolute Gasteiger partial charge is 0.389 e. The van der Waals surface area contributed by atoms with Gasteiger partial charge in [-0.3, -0.25) is 9.48 Å². The Morgan fingerprint density at radius 1 is 1.35 bits per heavy atom. The summed E-state index contributed by atoms with van der Waals surface area (Å²) in [6.07, 6.45) is 3.52. The first-order valence-corrected chi connectivity index (χ1v) is 10.7. The fourth-order valence-electron chi connectivity index (χ4n) is 3.88. The van der Waals surface area contributed by atoms with Gasteiger partial charge in [-0.15, -0.1) is 0 Å². The predicted octanol–water partition coefficient (Wildman–Crippen LogP) is 2.83. The SMILES string of the molecule is Cn1ncc(NC(=O)c2nc(-c3c(F)cccc3F)sc2N)c1N1CCC(CCN)C1. The molecule has 3 aromatic rings. The highest BCUT2D eigenvalue weighted by atomic mass is 32.1. The number of hydrogen-bond acceptors (Lipinski definition) is 7. The highest BCUT2D eigenvalue weighted by Gasteiger charge is 2.28. The smallest absolute Gasteiger partial charge is 0.277 e. The summed E-state index contributed by atoms with van der Waals surface area (Å²) >= 11 is 0.858. The number of carbonyl (C=O) groups excluding carboxylic acids is 1. The standard InChI is InChI=1S/C20H23F2N7OS/c1-28-20(29-8-6-11(10-29)5-7-23)14(9-25-28)26-18(30)16-17(24)31-19(27-16)15-12(21)3-2-4-13(15)22/h2-4,9,11H,5-8,10,23-24H2,1H3,(H,26,30). The summed E-state index contributed by atoms with van der Waals surface area (Å²) < 4.78 is 29.9. The van der Waals surface area contributed by atoms with Crippen molar-refractivity contribution in [3.63, 3.8) is 0 Å². The molecule has 0 saturated carbocycles. The van der Waals surface area contributed by atoms with E-state index in [0.29, 0.717) is 18.2 Å². The average Bonchev–Trinajstić information content (AvgIpc) is 3.41. The molecule has 2 aromatic heterocycles. The molecule has 4 rings (SSSR count). The summed E-state index contributed by atoms with van der Waals surface area (Å²) in [6, 6.07) is 3.52. The summed E-state index contributed by atoms with van der Waals surface area (Å²) in [5.41, 5.74) is 11.8. The highest BCUT2D eigenvalue weighted by Crippen LogP contribution is 2.35. The summed E-state index contributed by atoms with van der Waals surface area (Å²) in [5.74, 6) is -0.825. The minimum absolute atomic E-state index is 0.00818. The van der Waals surface area contributed by atoms with E-state index in [1.165, 1.54) is 6.07 Å². The van der Waals surface area contributed by atoms with Crippen LogP contribution in [-0.4, -0.2) is 40.3 Å². The Balaban J connectivity index is 1.57. The van der Waals surface area contributed by atoms with Crippen LogP contribution >= 0.6 is 11.3 Å². The lowest BCUT2D eigenvalue weighted by Gasteiger charge is -2.20. The van der Waals surface area contributed by atoms with Gasteiger partial charge in [0.25, 0.3) is 5.91 Å². The third kappa shape index (κ3) is 4.10. The molecular weight excluding hydrogens is 424 g/mol. The maximum absolute atomic E-state index is 14.1. The van der Waals surface area contributed by atoms with Crippen LogP contribution in [0.3, 0.4) is 0 Å². The molecule has 5 N–H and O–H groups in total. The lowest BCUT2D eigenvalue weighted by molar-refractivity contribution is 0.102. The van der Waals surface area contributed by atoms with E-state index in [4.69, 9.17) is 11.5 Å². The molecule has 1 unspecified atom stereocenters. The van der Waals surface area contributed by atoms with Crippen LogP contribution in [0.4, 0.5) is 25.3 Å². The number of hydrogen-bond donors (Lipinski definition) is 3. The van der Waals surface area contributed by atoms with E-state index >= 15 is 0 Å². The fourth-order valence-corrected chi connectivity index (χ4v) is 4.75. The Morgan fingerprint density at radius 3 is 2.81 bits per heavy atom. The van der Waals surface area contributed by atoms with Crippen molar-refractivity contribution < 1.29 is 13.6 Å². The number of nitrogens with one attached hydrogen (secondary N) is 1. The number of halogens is 2. The summed E-state index contributed by atoms with van der Waals surface area (Å²) in [4.78, 5) is 19.2. The number of benzene rings is 1. The van der Waals surface area contributed by atoms with Gasteiger partial charge in [0.15, 0.2) is 11.5 Å². The molecule has 11 heteroatoms. The van der Waals surface area contributed by atoms with Gasteiger partial charge in [-0.05, 0) is 37.4 Å². The van der Waals surface area contributed by atoms with Crippen LogP contribution in [0.25, 0.3) is 10.6 Å². The molecule has 164 valence electrons. The van der Waals surface area contributed by atoms with Crippen LogP contribution in [-0.2, 0) is 7.05 Å². The van der Waals surface area contributed by atoms with Gasteiger partial charge in [-0.1, -0.05) is 17.4 Å². The van der Waals surface area contributed by atoms with E-state index in [-0.39, 0.29) is 21.3 Å². The quantitative estimate of drug-likeness (QED) is 0.535. The lowest BCUT2D eigenvalue weighted by Crippen LogP contribution is -2.25. The summed E-state index contributed by atoms with van der Waals surface area (Å²) in [7, 11) is 1.80. The van der Waals surface area contributed by atoms with E-state index in [0.717, 1.165) is 55.2 Å². The van der Waals surface area contributed by atoms with Crippen LogP contribution in [0.5, 0.6) is 0 Å². The van der Waals surface area contributed by atoms with Crippen LogP contribution in [0.15, 0.2) is 24.4 Å². The maximum Gasteiger partial charge on any atom is 0.277 e. The van der Waals surface area contributed by atoms with E-state index < -0.39 is 17.5 Å². The zero-order valence-corrected chi connectivity index (χ0v) is 17.8. The topological polar surface area (TPSA) is 115 Å². The Morgan fingerprint density at radius 2 is 2.10 bits per heavy atom. The number of rotatable bonds is 6. The van der Waals surface area contributed by atoms with E-state index in [2.05, 4.69) is 20.3 Å². The Kier molecular flexibility index (Phi) is 5.88. The van der Waals surface area contributed by atoms with Crippen molar-refractivity contribution in [3.8, 4) is 10.6 Å². The molecule has 0 bridgehead atoms. The van der Waals surface area contributed by atoms with Gasteiger partial charge < -0.3 is 21.7 Å². The number of aryl methyl sites for hydroxylation is 1. The normalized spacial score (nSPS) is 16.1. The lowest BCUT2D eigenvalue weighted by atomic mass is 10.1. The number of amides is 1. The minimum atomic E-state index is -0.767. The second-order valence-corrected chi connectivity index (χ2v) is 8.50. The minimum Gasteiger partial charge on any atom is -0.389 e. The summed E-state index contributed by atoms with van der Waals surface area (Å²) in [5, 5.41) is 7.14. The second-order valence-electron chi connectivity index (χ2n) is 7.47. The Bertz CT molecular complexity index is 1090. The molecule has 1 saturated heterocycles. The fraction of sp³-hybridized carbons (Fsp3) is 0.350. The first-order valence-electron chi connectivity index (χ1n) is 9.88. The first kappa shape index (κ1) is 21.2. The number of carbonyl (C=O) groups is 1. The van der Waals surface area contributed by atoms with Gasteiger partial charge >= 0.3 is 0 Å². The van der Waals surface area contributed by atoms with Crippen molar-refractivity contribution in [1.82, 2.24) is 14.8 Å². The third-order valence-corrected chi connectivity index (χ3v) is 6.26. The molecule has 3 heterocycles. The Hall–Kier alpha value is -3.05. The van der Waals surface area contributed by atoms with Crippen LogP contribution < -0.4 is 21.7 Å². The van der Waals surface area contributed by atoms with Crippen LogP contribution in [0.2, 0.25) is 0 Å². The van der Waals surface area contributed by atoms with Crippen molar-refractivity contribution in [2.24, 2.45) is 18.7 Å². The van der Waals surface area contributed by atoms with E-state index in [9.17, 15) is 13.6 Å². The second kappa shape index (κ2) is 8.60. The molecule has 0 radical (unpaired) electrons. The third-order valence-electron chi connectivity index (χ3n) is 5.36. The summed E-state index contributed by atoms with van der Waals surface area (Å²) in [6.45, 7) is 2.30. The van der Waals surface area contributed by atoms with Crippen molar-refractivity contribution in [1.29, 1.82) is 0 Å². The monoisotopic (exact) mass is 447 g/mol. The van der Waals surface area contributed by atoms with E-state index in [1.54, 1.807) is 17.9 Å². The maximum atomic E-state index is 14.1. The van der Waals surface area contributed by atoms with Gasteiger partial charge in [0.05, 0.1) is 11.8 Å². The van der Waals surface area contributed by atoms with Gasteiger partial charge in [0, 0.05) is 20.1 Å². The van der Waals surface area contributed by atoms with Gasteiger partial charge in [0.2, 0.25) is 0 Å². The van der Waals surface area contributed by atoms with E-state index in [1.807, 2.05) is 0 Å². The number of thiazole rings is 1. The van der Waals surface area contributed by atoms with Gasteiger partial charge in [-0.25, -0.2) is 13.8 Å². The molecule has 1 fully saturated rings. The van der Waals surface area contributed by atoms with Crippen molar-refractivity contribution in [3.05, 3.63) is 41.7 Å². The predicted molar refractivity (Wildman–Crippen MR) is 117 cm³/mol. The van der Waals surface area contributed by atoms with Gasteiger partial charge in [0.1, 0.15) is 27.3 Å². The van der Waals surface area contributed by atoms with Crippen molar-refractivity contribution in [2.45, 2.75) is 12.8 Å². The first-order chi connectivity index (χ1) is 14.9. The molecule has 1 atom stereocenters. The number of nitrogens with two attached hydrogens (primary N) is 2. The molecule has 0 spiro atoms. The zero-order valence-electron chi connectivity index (χ0n) is 16.9. The number of anilines is 3. The zero-order chi connectivity index (χ0) is 22.1. The highest BCUT2D eigenvalue weighted by molar-refractivity contribution is 7.19. The molecule has 0 aliphatic carbocycles.